The largest absolute Gasteiger partial charge is 0.497 e. The van der Waals surface area contributed by atoms with E-state index in [9.17, 15) is 9.59 Å². The molecule has 160 valence electrons. The number of likely N-dealkylation sites (tertiary alicyclic amines) is 1. The van der Waals surface area contributed by atoms with E-state index in [1.54, 1.807) is 11.7 Å². The fourth-order valence-electron chi connectivity index (χ4n) is 3.61. The molecule has 31 heavy (non-hydrogen) atoms. The number of amides is 2. The molecule has 0 unspecified atom stereocenters. The third-order valence-corrected chi connectivity index (χ3v) is 5.48. The lowest BCUT2D eigenvalue weighted by molar-refractivity contribution is -0.128. The van der Waals surface area contributed by atoms with Crippen LogP contribution < -0.4 is 10.1 Å². The van der Waals surface area contributed by atoms with Gasteiger partial charge in [0.2, 0.25) is 11.8 Å². The van der Waals surface area contributed by atoms with Crippen molar-refractivity contribution in [2.24, 2.45) is 0 Å². The highest BCUT2D eigenvalue weighted by Gasteiger charge is 2.20. The van der Waals surface area contributed by atoms with Gasteiger partial charge >= 0.3 is 0 Å². The van der Waals surface area contributed by atoms with E-state index in [4.69, 9.17) is 17.0 Å². The summed E-state index contributed by atoms with van der Waals surface area (Å²) in [6, 6.07) is 14.9. The number of ether oxygens (including phenoxy) is 1. The molecule has 8 nitrogen and oxygen atoms in total. The van der Waals surface area contributed by atoms with Crippen LogP contribution in [-0.2, 0) is 22.7 Å². The zero-order chi connectivity index (χ0) is 21.8. The first-order valence-electron chi connectivity index (χ1n) is 9.99. The van der Waals surface area contributed by atoms with Gasteiger partial charge in [-0.15, -0.1) is 0 Å². The van der Waals surface area contributed by atoms with Gasteiger partial charge < -0.3 is 15.0 Å². The molecule has 3 aromatic rings. The highest BCUT2D eigenvalue weighted by atomic mass is 32.1. The molecule has 2 aromatic carbocycles. The van der Waals surface area contributed by atoms with Gasteiger partial charge in [0, 0.05) is 30.8 Å². The Morgan fingerprint density at radius 1 is 1.26 bits per heavy atom. The van der Waals surface area contributed by atoms with Crippen molar-refractivity contribution >= 4 is 29.7 Å². The van der Waals surface area contributed by atoms with Crippen LogP contribution in [0.4, 0.5) is 5.69 Å². The summed E-state index contributed by atoms with van der Waals surface area (Å²) in [5.41, 5.74) is 2.47. The SMILES string of the molecule is COc1ccc(-c2n[nH]c(=S)n2CC(=O)Nc2cccc(CN3CCCC3=O)c2)cc1. The quantitative estimate of drug-likeness (QED) is 0.553. The highest BCUT2D eigenvalue weighted by Crippen LogP contribution is 2.21. The van der Waals surface area contributed by atoms with Gasteiger partial charge in [-0.05, 0) is 60.6 Å². The summed E-state index contributed by atoms with van der Waals surface area (Å²) in [5.74, 6) is 1.26. The first kappa shape index (κ1) is 20.8. The molecular formula is C22H23N5O3S. The van der Waals surface area contributed by atoms with E-state index in [1.807, 2.05) is 53.4 Å². The van der Waals surface area contributed by atoms with Gasteiger partial charge in [-0.3, -0.25) is 19.3 Å². The first-order chi connectivity index (χ1) is 15.0. The van der Waals surface area contributed by atoms with Crippen molar-refractivity contribution in [3.8, 4) is 17.1 Å². The zero-order valence-electron chi connectivity index (χ0n) is 17.1. The van der Waals surface area contributed by atoms with Crippen molar-refractivity contribution in [2.75, 3.05) is 19.0 Å². The normalized spacial score (nSPS) is 13.5. The number of nitrogens with zero attached hydrogens (tertiary/aromatic N) is 3. The number of H-pyrrole nitrogens is 1. The number of nitrogens with one attached hydrogen (secondary N) is 2. The Morgan fingerprint density at radius 2 is 2.06 bits per heavy atom. The molecule has 0 spiro atoms. The summed E-state index contributed by atoms with van der Waals surface area (Å²) in [6.07, 6.45) is 1.51. The molecule has 9 heteroatoms. The Labute approximate surface area is 184 Å². The average Bonchev–Trinajstić information content (AvgIpc) is 3.34. The molecule has 0 atom stereocenters. The molecule has 0 radical (unpaired) electrons. The van der Waals surface area contributed by atoms with E-state index in [1.165, 1.54) is 0 Å². The van der Waals surface area contributed by atoms with Crippen molar-refractivity contribution in [1.82, 2.24) is 19.7 Å². The molecule has 0 bridgehead atoms. The predicted octanol–water partition coefficient (Wildman–Crippen LogP) is 3.38. The number of aromatic nitrogens is 3. The van der Waals surface area contributed by atoms with Crippen LogP contribution in [0, 0.1) is 4.77 Å². The van der Waals surface area contributed by atoms with E-state index in [-0.39, 0.29) is 18.4 Å². The molecule has 1 aliphatic heterocycles. The van der Waals surface area contributed by atoms with E-state index in [0.717, 1.165) is 29.8 Å². The summed E-state index contributed by atoms with van der Waals surface area (Å²) in [4.78, 5) is 26.4. The number of methoxy groups -OCH3 is 1. The Morgan fingerprint density at radius 3 is 2.77 bits per heavy atom. The van der Waals surface area contributed by atoms with E-state index in [0.29, 0.717) is 29.2 Å². The van der Waals surface area contributed by atoms with Crippen LogP contribution in [0.25, 0.3) is 11.4 Å². The Bertz CT molecular complexity index is 1150. The highest BCUT2D eigenvalue weighted by molar-refractivity contribution is 7.71. The maximum absolute atomic E-state index is 12.7. The van der Waals surface area contributed by atoms with Gasteiger partial charge in [-0.2, -0.15) is 5.10 Å². The fraction of sp³-hybridized carbons (Fsp3) is 0.273. The molecule has 1 fully saturated rings. The maximum atomic E-state index is 12.7. The van der Waals surface area contributed by atoms with E-state index >= 15 is 0 Å². The van der Waals surface area contributed by atoms with E-state index in [2.05, 4.69) is 15.5 Å². The molecule has 1 aromatic heterocycles. The van der Waals surface area contributed by atoms with Crippen LogP contribution in [0.3, 0.4) is 0 Å². The molecule has 2 heterocycles. The van der Waals surface area contributed by atoms with Crippen molar-refractivity contribution in [1.29, 1.82) is 0 Å². The second-order valence-electron chi connectivity index (χ2n) is 7.33. The summed E-state index contributed by atoms with van der Waals surface area (Å²) in [6.45, 7) is 1.35. The third kappa shape index (κ3) is 4.83. The lowest BCUT2D eigenvalue weighted by Gasteiger charge is -2.16. The standard InChI is InChI=1S/C22H23N5O3S/c1-30-18-9-7-16(8-10-18)21-24-25-22(31)27(21)14-19(28)23-17-5-2-4-15(12-17)13-26-11-3-6-20(26)29/h2,4-5,7-10,12H,3,6,11,13-14H2,1H3,(H,23,28)(H,25,31). The van der Waals surface area contributed by atoms with Crippen LogP contribution in [0.15, 0.2) is 48.5 Å². The molecule has 2 N–H and O–H groups in total. The van der Waals surface area contributed by atoms with Gasteiger partial charge in [0.1, 0.15) is 12.3 Å². The fourth-order valence-corrected chi connectivity index (χ4v) is 3.80. The number of hydrogen-bond donors (Lipinski definition) is 2. The van der Waals surface area contributed by atoms with Gasteiger partial charge in [-0.1, -0.05) is 12.1 Å². The van der Waals surface area contributed by atoms with Gasteiger partial charge in [-0.25, -0.2) is 0 Å². The molecule has 0 aliphatic carbocycles. The molecule has 1 saturated heterocycles. The molecule has 1 aliphatic rings. The minimum atomic E-state index is -0.221. The van der Waals surface area contributed by atoms with Crippen molar-refractivity contribution < 1.29 is 14.3 Å². The zero-order valence-corrected chi connectivity index (χ0v) is 17.9. The van der Waals surface area contributed by atoms with Crippen LogP contribution in [0.1, 0.15) is 18.4 Å². The third-order valence-electron chi connectivity index (χ3n) is 5.16. The molecule has 0 saturated carbocycles. The lowest BCUT2D eigenvalue weighted by atomic mass is 10.2. The topological polar surface area (TPSA) is 92.2 Å². The Hall–Kier alpha value is -3.46. The van der Waals surface area contributed by atoms with Crippen molar-refractivity contribution in [3.63, 3.8) is 0 Å². The predicted molar refractivity (Wildman–Crippen MR) is 119 cm³/mol. The lowest BCUT2D eigenvalue weighted by Crippen LogP contribution is -2.24. The molecule has 2 amide bonds. The Balaban J connectivity index is 1.46. The minimum Gasteiger partial charge on any atom is -0.497 e. The summed E-state index contributed by atoms with van der Waals surface area (Å²) >= 11 is 5.32. The number of carbonyl (C=O) groups excluding carboxylic acids is 2. The second kappa shape index (κ2) is 9.13. The molecular weight excluding hydrogens is 414 g/mol. The number of aromatic amines is 1. The minimum absolute atomic E-state index is 0.0194. The number of anilines is 1. The number of carbonyl (C=O) groups is 2. The summed E-state index contributed by atoms with van der Waals surface area (Å²) in [5, 5.41) is 9.93. The van der Waals surface area contributed by atoms with Crippen LogP contribution in [0.2, 0.25) is 0 Å². The van der Waals surface area contributed by atoms with Gasteiger partial charge in [0.05, 0.1) is 7.11 Å². The summed E-state index contributed by atoms with van der Waals surface area (Å²) in [7, 11) is 1.60. The van der Waals surface area contributed by atoms with Crippen LogP contribution in [-0.4, -0.2) is 45.1 Å². The van der Waals surface area contributed by atoms with Gasteiger partial charge in [0.25, 0.3) is 0 Å². The van der Waals surface area contributed by atoms with Crippen LogP contribution >= 0.6 is 12.2 Å². The number of benzene rings is 2. The Kier molecular flexibility index (Phi) is 6.13. The van der Waals surface area contributed by atoms with E-state index < -0.39 is 0 Å². The maximum Gasteiger partial charge on any atom is 0.244 e. The van der Waals surface area contributed by atoms with Crippen molar-refractivity contribution in [3.05, 3.63) is 58.9 Å². The second-order valence-corrected chi connectivity index (χ2v) is 7.72. The average molecular weight is 438 g/mol. The smallest absolute Gasteiger partial charge is 0.244 e. The van der Waals surface area contributed by atoms with Crippen molar-refractivity contribution in [2.45, 2.75) is 25.9 Å². The number of hydrogen-bond acceptors (Lipinski definition) is 5. The first-order valence-corrected chi connectivity index (χ1v) is 10.4. The monoisotopic (exact) mass is 437 g/mol. The van der Waals surface area contributed by atoms with Crippen LogP contribution in [0.5, 0.6) is 5.75 Å². The summed E-state index contributed by atoms with van der Waals surface area (Å²) < 4.78 is 7.20. The van der Waals surface area contributed by atoms with Gasteiger partial charge in [0.15, 0.2) is 10.6 Å². The molecule has 4 rings (SSSR count). The number of rotatable bonds is 7.